The number of rotatable bonds is 4. The second-order valence-electron chi connectivity index (χ2n) is 8.16. The van der Waals surface area contributed by atoms with Gasteiger partial charge in [0.25, 0.3) is 0 Å². The lowest BCUT2D eigenvalue weighted by Gasteiger charge is -2.34. The minimum Gasteiger partial charge on any atom is -0.444 e. The Kier molecular flexibility index (Phi) is 6.72. The molecule has 2 heterocycles. The van der Waals surface area contributed by atoms with Gasteiger partial charge in [-0.15, -0.1) is 0 Å². The highest BCUT2D eigenvalue weighted by Crippen LogP contribution is 2.21. The number of piperidine rings is 1. The van der Waals surface area contributed by atoms with Crippen LogP contribution in [0.4, 0.5) is 4.79 Å². The van der Waals surface area contributed by atoms with Crippen LogP contribution in [0.5, 0.6) is 0 Å². The van der Waals surface area contributed by atoms with E-state index in [1.165, 1.54) is 6.42 Å². The minimum atomic E-state index is -0.415. The molecule has 0 saturated carbocycles. The molecule has 0 aromatic rings. The first-order valence-electron chi connectivity index (χ1n) is 9.14. The van der Waals surface area contributed by atoms with Crippen LogP contribution >= 0.6 is 0 Å². The Labute approximate surface area is 141 Å². The van der Waals surface area contributed by atoms with Gasteiger partial charge in [0.1, 0.15) is 5.60 Å². The summed E-state index contributed by atoms with van der Waals surface area (Å²) in [6, 6.07) is 0. The zero-order valence-corrected chi connectivity index (χ0v) is 15.3. The maximum atomic E-state index is 12.2. The number of amides is 1. The van der Waals surface area contributed by atoms with Gasteiger partial charge in [0.2, 0.25) is 0 Å². The Morgan fingerprint density at radius 2 is 2.00 bits per heavy atom. The first-order chi connectivity index (χ1) is 10.8. The molecule has 2 aliphatic heterocycles. The van der Waals surface area contributed by atoms with Crippen LogP contribution in [0.25, 0.3) is 0 Å². The van der Waals surface area contributed by atoms with E-state index in [4.69, 9.17) is 9.47 Å². The Bertz CT molecular complexity index is 381. The Balaban J connectivity index is 1.68. The van der Waals surface area contributed by atoms with E-state index in [0.29, 0.717) is 12.0 Å². The standard InChI is InChI=1S/C18H34N2O3/c1-14-10-15(7-9-22-14)11-19-12-16-6-5-8-20(13-16)17(21)23-18(2,3)4/h14-16,19H,5-13H2,1-4H3/t14-,15+,16-/m1/s1. The first-order valence-corrected chi connectivity index (χ1v) is 9.14. The number of likely N-dealkylation sites (tertiary alicyclic amines) is 1. The van der Waals surface area contributed by atoms with Gasteiger partial charge in [-0.1, -0.05) is 0 Å². The quantitative estimate of drug-likeness (QED) is 0.863. The zero-order chi connectivity index (χ0) is 16.9. The fourth-order valence-corrected chi connectivity index (χ4v) is 3.49. The number of carbonyl (C=O) groups excluding carboxylic acids is 1. The van der Waals surface area contributed by atoms with Crippen molar-refractivity contribution in [1.29, 1.82) is 0 Å². The molecule has 23 heavy (non-hydrogen) atoms. The van der Waals surface area contributed by atoms with Gasteiger partial charge in [-0.2, -0.15) is 0 Å². The molecule has 134 valence electrons. The molecule has 1 N–H and O–H groups in total. The van der Waals surface area contributed by atoms with Gasteiger partial charge in [-0.05, 0) is 78.3 Å². The van der Waals surface area contributed by atoms with E-state index in [1.54, 1.807) is 0 Å². The van der Waals surface area contributed by atoms with E-state index in [1.807, 2.05) is 25.7 Å². The SMILES string of the molecule is C[C@@H]1C[C@@H](CNC[C@H]2CCCN(C(=O)OC(C)(C)C)C2)CCO1. The second kappa shape index (κ2) is 8.34. The summed E-state index contributed by atoms with van der Waals surface area (Å²) in [6.45, 7) is 12.5. The maximum Gasteiger partial charge on any atom is 0.410 e. The average Bonchev–Trinajstić information content (AvgIpc) is 2.46. The number of ether oxygens (including phenoxy) is 2. The Hall–Kier alpha value is -0.810. The molecule has 0 bridgehead atoms. The molecule has 2 saturated heterocycles. The predicted octanol–water partition coefficient (Wildman–Crippen LogP) is 3.04. The largest absolute Gasteiger partial charge is 0.444 e. The molecule has 0 unspecified atom stereocenters. The van der Waals surface area contributed by atoms with E-state index in [9.17, 15) is 4.79 Å². The van der Waals surface area contributed by atoms with Gasteiger partial charge in [-0.25, -0.2) is 4.79 Å². The molecular formula is C18H34N2O3. The molecule has 2 aliphatic rings. The second-order valence-corrected chi connectivity index (χ2v) is 8.16. The monoisotopic (exact) mass is 326 g/mol. The van der Waals surface area contributed by atoms with E-state index in [-0.39, 0.29) is 6.09 Å². The fourth-order valence-electron chi connectivity index (χ4n) is 3.49. The molecule has 5 nitrogen and oxygen atoms in total. The van der Waals surface area contributed by atoms with Crippen LogP contribution in [-0.2, 0) is 9.47 Å². The highest BCUT2D eigenvalue weighted by molar-refractivity contribution is 5.68. The molecule has 2 fully saturated rings. The number of carbonyl (C=O) groups is 1. The molecular weight excluding hydrogens is 292 g/mol. The number of nitrogens with one attached hydrogen (secondary N) is 1. The third-order valence-corrected chi connectivity index (χ3v) is 4.63. The summed E-state index contributed by atoms with van der Waals surface area (Å²) in [6.07, 6.45) is 4.80. The maximum absolute atomic E-state index is 12.2. The van der Waals surface area contributed by atoms with Crippen LogP contribution in [0.2, 0.25) is 0 Å². The van der Waals surface area contributed by atoms with Crippen LogP contribution in [0.3, 0.4) is 0 Å². The van der Waals surface area contributed by atoms with Crippen molar-refractivity contribution in [3.05, 3.63) is 0 Å². The van der Waals surface area contributed by atoms with Crippen LogP contribution in [0.15, 0.2) is 0 Å². The van der Waals surface area contributed by atoms with Gasteiger partial charge in [0.15, 0.2) is 0 Å². The summed E-state index contributed by atoms with van der Waals surface area (Å²) in [4.78, 5) is 14.1. The number of hydrogen-bond acceptors (Lipinski definition) is 4. The Morgan fingerprint density at radius 1 is 1.26 bits per heavy atom. The average molecular weight is 326 g/mol. The number of nitrogens with zero attached hydrogens (tertiary/aromatic N) is 1. The van der Waals surface area contributed by atoms with E-state index < -0.39 is 5.60 Å². The third-order valence-electron chi connectivity index (χ3n) is 4.63. The number of hydrogen-bond donors (Lipinski definition) is 1. The summed E-state index contributed by atoms with van der Waals surface area (Å²) in [5, 5.41) is 3.62. The van der Waals surface area contributed by atoms with Gasteiger partial charge < -0.3 is 19.7 Å². The van der Waals surface area contributed by atoms with Gasteiger partial charge in [0, 0.05) is 19.7 Å². The first kappa shape index (κ1) is 18.5. The molecule has 2 rings (SSSR count). The van der Waals surface area contributed by atoms with Crippen LogP contribution in [0.1, 0.15) is 53.4 Å². The molecule has 0 aromatic heterocycles. The molecule has 0 radical (unpaired) electrons. The van der Waals surface area contributed by atoms with Gasteiger partial charge in [-0.3, -0.25) is 0 Å². The lowest BCUT2D eigenvalue weighted by molar-refractivity contribution is 0.00209. The molecule has 1 amide bonds. The van der Waals surface area contributed by atoms with Crippen LogP contribution < -0.4 is 5.32 Å². The molecule has 3 atom stereocenters. The normalized spacial score (nSPS) is 29.4. The molecule has 0 aliphatic carbocycles. The Morgan fingerprint density at radius 3 is 2.70 bits per heavy atom. The molecule has 5 heteroatoms. The van der Waals surface area contributed by atoms with Crippen LogP contribution in [-0.4, -0.2) is 55.5 Å². The summed E-state index contributed by atoms with van der Waals surface area (Å²) in [5.74, 6) is 1.26. The van der Waals surface area contributed by atoms with Crippen molar-refractivity contribution in [3.63, 3.8) is 0 Å². The van der Waals surface area contributed by atoms with E-state index in [2.05, 4.69) is 12.2 Å². The highest BCUT2D eigenvalue weighted by atomic mass is 16.6. The summed E-state index contributed by atoms with van der Waals surface area (Å²) in [7, 11) is 0. The highest BCUT2D eigenvalue weighted by Gasteiger charge is 2.27. The lowest BCUT2D eigenvalue weighted by Crippen LogP contribution is -2.45. The van der Waals surface area contributed by atoms with Crippen molar-refractivity contribution < 1.29 is 14.3 Å². The van der Waals surface area contributed by atoms with Crippen molar-refractivity contribution in [1.82, 2.24) is 10.2 Å². The van der Waals surface area contributed by atoms with Crippen molar-refractivity contribution in [2.24, 2.45) is 11.8 Å². The van der Waals surface area contributed by atoms with Gasteiger partial charge >= 0.3 is 6.09 Å². The smallest absolute Gasteiger partial charge is 0.410 e. The topological polar surface area (TPSA) is 50.8 Å². The van der Waals surface area contributed by atoms with Gasteiger partial charge in [0.05, 0.1) is 6.10 Å². The fraction of sp³-hybridized carbons (Fsp3) is 0.944. The van der Waals surface area contributed by atoms with Crippen molar-refractivity contribution in [2.45, 2.75) is 65.1 Å². The molecule has 0 spiro atoms. The predicted molar refractivity (Wildman–Crippen MR) is 91.5 cm³/mol. The van der Waals surface area contributed by atoms with E-state index >= 15 is 0 Å². The summed E-state index contributed by atoms with van der Waals surface area (Å²) in [5.41, 5.74) is -0.415. The zero-order valence-electron chi connectivity index (χ0n) is 15.3. The van der Waals surface area contributed by atoms with Crippen molar-refractivity contribution in [2.75, 3.05) is 32.8 Å². The summed E-state index contributed by atoms with van der Waals surface area (Å²) < 4.78 is 11.1. The van der Waals surface area contributed by atoms with E-state index in [0.717, 1.165) is 58.0 Å². The summed E-state index contributed by atoms with van der Waals surface area (Å²) >= 11 is 0. The van der Waals surface area contributed by atoms with Crippen molar-refractivity contribution in [3.8, 4) is 0 Å². The third kappa shape index (κ3) is 6.68. The minimum absolute atomic E-state index is 0.166. The molecule has 0 aromatic carbocycles. The van der Waals surface area contributed by atoms with Crippen molar-refractivity contribution >= 4 is 6.09 Å². The van der Waals surface area contributed by atoms with Crippen LogP contribution in [0, 0.1) is 11.8 Å². The lowest BCUT2D eigenvalue weighted by atomic mass is 9.95.